The van der Waals surface area contributed by atoms with Crippen LogP contribution < -0.4 is 16.0 Å². The minimum Gasteiger partial charge on any atom is -0.394 e. The molecule has 4 atom stereocenters. The number of carbonyl (C=O) groups excluding carboxylic acids is 4. The van der Waals surface area contributed by atoms with Gasteiger partial charge in [-0.2, -0.15) is 0 Å². The van der Waals surface area contributed by atoms with E-state index in [1.165, 1.54) is 34.5 Å². The number of nitrogens with one attached hydrogen (secondary N) is 3. The SMILES string of the molecule is O=C1CCC(N2C(=O)c3cc(F)cc(SCCCCCCCCNc4cccc(-c5ccc6c(c5)[C@H]5[C@H](CCN5Cc5ccncc5)[C@@H](CO)N6)c4)c3C2=O)C(=O)N1. The van der Waals surface area contributed by atoms with Crippen LogP contribution >= 0.6 is 11.8 Å². The van der Waals surface area contributed by atoms with Gasteiger partial charge in [0.15, 0.2) is 0 Å². The highest BCUT2D eigenvalue weighted by atomic mass is 32.2. The van der Waals surface area contributed by atoms with Gasteiger partial charge in [0, 0.05) is 60.1 Å². The van der Waals surface area contributed by atoms with E-state index < -0.39 is 35.5 Å². The van der Waals surface area contributed by atoms with Crippen LogP contribution in [0.3, 0.4) is 0 Å². The van der Waals surface area contributed by atoms with Crippen LogP contribution in [-0.2, 0) is 16.1 Å². The maximum atomic E-state index is 14.6. The molecule has 3 aromatic carbocycles. The molecule has 4 aromatic rings. The van der Waals surface area contributed by atoms with E-state index in [1.807, 2.05) is 12.4 Å². The normalized spacial score (nSPS) is 21.4. The van der Waals surface area contributed by atoms with Crippen LogP contribution in [-0.4, -0.2) is 81.1 Å². The summed E-state index contributed by atoms with van der Waals surface area (Å²) >= 11 is 1.36. The largest absolute Gasteiger partial charge is 0.394 e. The molecule has 0 aliphatic carbocycles. The molecule has 2 saturated heterocycles. The van der Waals surface area contributed by atoms with Gasteiger partial charge in [-0.3, -0.25) is 39.3 Å². The number of carbonyl (C=O) groups is 4. The number of benzene rings is 3. The first-order valence-corrected chi connectivity index (χ1v) is 21.4. The number of likely N-dealkylation sites (tertiary alicyclic amines) is 1. The third kappa shape index (κ3) is 8.39. The van der Waals surface area contributed by atoms with Crippen molar-refractivity contribution in [1.29, 1.82) is 0 Å². The molecule has 0 bridgehead atoms. The fourth-order valence-corrected chi connectivity index (χ4v) is 10.1. The van der Waals surface area contributed by atoms with E-state index in [9.17, 15) is 28.7 Å². The van der Waals surface area contributed by atoms with Crippen molar-refractivity contribution >= 4 is 46.8 Å². The molecule has 4 amide bonds. The molecule has 1 unspecified atom stereocenters. The Morgan fingerprint density at radius 3 is 2.48 bits per heavy atom. The van der Waals surface area contributed by atoms with Crippen molar-refractivity contribution < 1.29 is 28.7 Å². The Hall–Kier alpha value is -5.11. The van der Waals surface area contributed by atoms with Crippen LogP contribution in [0.15, 0.2) is 84.0 Å². The van der Waals surface area contributed by atoms with Gasteiger partial charge in [0.1, 0.15) is 11.9 Å². The maximum absolute atomic E-state index is 14.6. The molecule has 58 heavy (non-hydrogen) atoms. The Balaban J connectivity index is 0.787. The topological polar surface area (TPSA) is 144 Å². The van der Waals surface area contributed by atoms with E-state index in [-0.39, 0.29) is 42.7 Å². The van der Waals surface area contributed by atoms with Gasteiger partial charge in [0.2, 0.25) is 11.8 Å². The highest BCUT2D eigenvalue weighted by Crippen LogP contribution is 2.48. The molecule has 0 spiro atoms. The molecule has 4 N–H and O–H groups in total. The second-order valence-corrected chi connectivity index (χ2v) is 16.8. The summed E-state index contributed by atoms with van der Waals surface area (Å²) in [7, 11) is 0. The summed E-state index contributed by atoms with van der Waals surface area (Å²) in [6, 6.07) is 21.0. The fraction of sp³-hybridized carbons (Fsp3) is 0.400. The Kier molecular flexibility index (Phi) is 12.2. The first kappa shape index (κ1) is 39.7. The zero-order chi connectivity index (χ0) is 40.2. The number of nitrogens with zero attached hydrogens (tertiary/aromatic N) is 3. The van der Waals surface area contributed by atoms with Gasteiger partial charge in [0.05, 0.1) is 23.8 Å². The van der Waals surface area contributed by atoms with Crippen LogP contribution in [0.1, 0.15) is 95.7 Å². The fourth-order valence-electron chi connectivity index (χ4n) is 9.03. The lowest BCUT2D eigenvalue weighted by molar-refractivity contribution is -0.136. The van der Waals surface area contributed by atoms with Crippen molar-refractivity contribution in [3.05, 3.63) is 107 Å². The molecule has 4 aliphatic heterocycles. The monoisotopic (exact) mass is 804 g/mol. The van der Waals surface area contributed by atoms with Gasteiger partial charge in [0.25, 0.3) is 11.8 Å². The lowest BCUT2D eigenvalue weighted by Crippen LogP contribution is -2.54. The van der Waals surface area contributed by atoms with E-state index in [2.05, 4.69) is 80.4 Å². The minimum absolute atomic E-state index is 0.0297. The van der Waals surface area contributed by atoms with Gasteiger partial charge < -0.3 is 15.7 Å². The van der Waals surface area contributed by atoms with Crippen molar-refractivity contribution in [2.75, 3.05) is 36.1 Å². The second-order valence-electron chi connectivity index (χ2n) is 15.7. The average Bonchev–Trinajstić information content (AvgIpc) is 3.76. The number of imide groups is 2. The molecular formula is C45H49FN6O5S. The number of amides is 4. The number of anilines is 2. The van der Waals surface area contributed by atoms with Crippen molar-refractivity contribution in [3.63, 3.8) is 0 Å². The average molecular weight is 805 g/mol. The van der Waals surface area contributed by atoms with Crippen molar-refractivity contribution in [1.82, 2.24) is 20.1 Å². The Morgan fingerprint density at radius 1 is 0.879 bits per heavy atom. The number of halogens is 1. The molecule has 1 aromatic heterocycles. The zero-order valence-corrected chi connectivity index (χ0v) is 33.2. The van der Waals surface area contributed by atoms with Crippen LogP contribution in [0.5, 0.6) is 0 Å². The zero-order valence-electron chi connectivity index (χ0n) is 32.4. The number of aromatic nitrogens is 1. The summed E-state index contributed by atoms with van der Waals surface area (Å²) in [5.41, 5.74) is 7.18. The second kappa shape index (κ2) is 17.8. The van der Waals surface area contributed by atoms with E-state index in [0.717, 1.165) is 92.5 Å². The van der Waals surface area contributed by atoms with Gasteiger partial charge in [-0.25, -0.2) is 4.39 Å². The van der Waals surface area contributed by atoms with E-state index in [4.69, 9.17) is 0 Å². The predicted octanol–water partition coefficient (Wildman–Crippen LogP) is 7.18. The Labute approximate surface area is 342 Å². The lowest BCUT2D eigenvalue weighted by atomic mass is 9.82. The van der Waals surface area contributed by atoms with Crippen molar-refractivity contribution in [2.24, 2.45) is 5.92 Å². The minimum atomic E-state index is -1.08. The van der Waals surface area contributed by atoms with Gasteiger partial charge in [-0.05, 0) is 109 Å². The summed E-state index contributed by atoms with van der Waals surface area (Å²) in [6.45, 7) is 2.82. The molecule has 2 fully saturated rings. The van der Waals surface area contributed by atoms with Crippen LogP contribution in [0.25, 0.3) is 11.1 Å². The number of aliphatic hydroxyl groups excluding tert-OH is 1. The molecule has 0 radical (unpaired) electrons. The molecule has 8 rings (SSSR count). The number of thioether (sulfide) groups is 1. The number of piperidine rings is 1. The predicted molar refractivity (Wildman–Crippen MR) is 222 cm³/mol. The number of unbranched alkanes of at least 4 members (excludes halogenated alkanes) is 5. The standard InChI is InChI=1S/C45H49FN6O5S/c46-31-24-35-41(45(57)52(44(35)56)38-12-13-40(54)50-43(38)55)39(25-31)58-21-6-4-2-1-3-5-17-48-32-9-7-8-29(22-32)30-10-11-36-34(23-30)42-33(37(27-53)49-36)16-20-51(42)26-28-14-18-47-19-15-28/h7-11,14-15,18-19,22-25,33,37-38,42,48-49,53H,1-6,12-13,16-17,20-21,26-27H2,(H,50,54,55)/t33-,37-,38?,42-/m1/s1. The summed E-state index contributed by atoms with van der Waals surface area (Å²) in [6.07, 6.45) is 11.0. The molecular weight excluding hydrogens is 756 g/mol. The molecule has 4 aliphatic rings. The van der Waals surface area contributed by atoms with E-state index >= 15 is 0 Å². The molecule has 302 valence electrons. The number of aliphatic hydroxyl groups is 1. The molecule has 11 nitrogen and oxygen atoms in total. The van der Waals surface area contributed by atoms with Crippen molar-refractivity contribution in [2.45, 2.75) is 87.4 Å². The summed E-state index contributed by atoms with van der Waals surface area (Å²) in [5.74, 6) is -2.03. The first-order valence-electron chi connectivity index (χ1n) is 20.5. The number of fused-ring (bicyclic) bond motifs is 4. The number of pyridine rings is 1. The molecule has 13 heteroatoms. The van der Waals surface area contributed by atoms with Gasteiger partial charge in [-0.15, -0.1) is 11.8 Å². The highest BCUT2D eigenvalue weighted by Gasteiger charge is 2.46. The summed E-state index contributed by atoms with van der Waals surface area (Å²) in [4.78, 5) is 58.5. The van der Waals surface area contributed by atoms with Crippen LogP contribution in [0.2, 0.25) is 0 Å². The lowest BCUT2D eigenvalue weighted by Gasteiger charge is -2.39. The smallest absolute Gasteiger partial charge is 0.263 e. The Morgan fingerprint density at radius 2 is 1.67 bits per heavy atom. The van der Waals surface area contributed by atoms with E-state index in [1.54, 1.807) is 0 Å². The highest BCUT2D eigenvalue weighted by molar-refractivity contribution is 7.99. The summed E-state index contributed by atoms with van der Waals surface area (Å²) in [5, 5.41) is 19.7. The van der Waals surface area contributed by atoms with Crippen LogP contribution in [0, 0.1) is 11.7 Å². The molecule has 5 heterocycles. The van der Waals surface area contributed by atoms with Gasteiger partial charge in [-0.1, -0.05) is 43.9 Å². The van der Waals surface area contributed by atoms with Gasteiger partial charge >= 0.3 is 0 Å². The number of rotatable bonds is 16. The number of hydrogen-bond acceptors (Lipinski definition) is 10. The Bertz CT molecular complexity index is 2190. The van der Waals surface area contributed by atoms with Crippen LogP contribution in [0.4, 0.5) is 15.8 Å². The quantitative estimate of drug-likeness (QED) is 0.0523. The van der Waals surface area contributed by atoms with E-state index in [0.29, 0.717) is 16.6 Å². The third-order valence-corrected chi connectivity index (χ3v) is 13.1. The molecule has 0 saturated carbocycles. The third-order valence-electron chi connectivity index (χ3n) is 11.9. The maximum Gasteiger partial charge on any atom is 0.263 e. The summed E-state index contributed by atoms with van der Waals surface area (Å²) < 4.78 is 14.6. The first-order chi connectivity index (χ1) is 28.3. The number of hydrogen-bond donors (Lipinski definition) is 4. The van der Waals surface area contributed by atoms with Crippen molar-refractivity contribution in [3.8, 4) is 11.1 Å².